The highest BCUT2D eigenvalue weighted by molar-refractivity contribution is 5.96. The van der Waals surface area contributed by atoms with Crippen molar-refractivity contribution in [1.82, 2.24) is 4.98 Å². The SMILES string of the molecule is COC(=O)[C@@H]1Cc2c([nH]c3ccccc23)C=N1. The number of aromatic nitrogens is 1. The minimum Gasteiger partial charge on any atom is -0.467 e. The number of esters is 1. The molecule has 0 bridgehead atoms. The third kappa shape index (κ3) is 1.53. The van der Waals surface area contributed by atoms with Crippen LogP contribution in [0.1, 0.15) is 11.3 Å². The molecule has 1 aliphatic rings. The molecule has 1 atom stereocenters. The van der Waals surface area contributed by atoms with Gasteiger partial charge in [-0.2, -0.15) is 0 Å². The van der Waals surface area contributed by atoms with Gasteiger partial charge in [-0.1, -0.05) is 18.2 Å². The molecule has 4 nitrogen and oxygen atoms in total. The number of ether oxygens (including phenoxy) is 1. The second-order valence-electron chi connectivity index (χ2n) is 4.08. The largest absolute Gasteiger partial charge is 0.467 e. The number of rotatable bonds is 1. The molecule has 0 spiro atoms. The van der Waals surface area contributed by atoms with Crippen LogP contribution in [0.2, 0.25) is 0 Å². The number of benzene rings is 1. The van der Waals surface area contributed by atoms with Gasteiger partial charge in [0.05, 0.1) is 12.8 Å². The molecule has 1 aromatic carbocycles. The molecule has 4 heteroatoms. The van der Waals surface area contributed by atoms with Crippen molar-refractivity contribution in [2.24, 2.45) is 4.99 Å². The number of para-hydroxylation sites is 1. The van der Waals surface area contributed by atoms with E-state index >= 15 is 0 Å². The van der Waals surface area contributed by atoms with Crippen molar-refractivity contribution in [3.63, 3.8) is 0 Å². The fourth-order valence-electron chi connectivity index (χ4n) is 2.24. The molecule has 2 aromatic rings. The van der Waals surface area contributed by atoms with Crippen LogP contribution in [0.15, 0.2) is 29.3 Å². The van der Waals surface area contributed by atoms with Crippen molar-refractivity contribution in [2.75, 3.05) is 7.11 Å². The lowest BCUT2D eigenvalue weighted by atomic mass is 10.0. The summed E-state index contributed by atoms with van der Waals surface area (Å²) in [5, 5.41) is 1.16. The van der Waals surface area contributed by atoms with Gasteiger partial charge in [-0.05, 0) is 11.6 Å². The molecule has 86 valence electrons. The quantitative estimate of drug-likeness (QED) is 0.755. The number of aromatic amines is 1. The van der Waals surface area contributed by atoms with Crippen molar-refractivity contribution >= 4 is 23.1 Å². The van der Waals surface area contributed by atoms with E-state index in [0.717, 1.165) is 22.2 Å². The van der Waals surface area contributed by atoms with Gasteiger partial charge in [-0.3, -0.25) is 4.99 Å². The molecule has 0 amide bonds. The molecule has 17 heavy (non-hydrogen) atoms. The number of aliphatic imine (C=N–C) groups is 1. The van der Waals surface area contributed by atoms with Crippen LogP contribution >= 0.6 is 0 Å². The van der Waals surface area contributed by atoms with Gasteiger partial charge in [-0.15, -0.1) is 0 Å². The van der Waals surface area contributed by atoms with Gasteiger partial charge in [0.25, 0.3) is 0 Å². The third-order valence-corrected chi connectivity index (χ3v) is 3.10. The first-order valence-corrected chi connectivity index (χ1v) is 5.50. The van der Waals surface area contributed by atoms with Gasteiger partial charge >= 0.3 is 5.97 Å². The van der Waals surface area contributed by atoms with Gasteiger partial charge in [0.2, 0.25) is 0 Å². The summed E-state index contributed by atoms with van der Waals surface area (Å²) in [4.78, 5) is 19.0. The van der Waals surface area contributed by atoms with Crippen LogP contribution in [0.5, 0.6) is 0 Å². The summed E-state index contributed by atoms with van der Waals surface area (Å²) in [5.41, 5.74) is 3.21. The maximum atomic E-state index is 11.5. The average Bonchev–Trinajstić information content (AvgIpc) is 2.75. The Morgan fingerprint density at radius 3 is 3.12 bits per heavy atom. The van der Waals surface area contributed by atoms with Crippen LogP contribution in [0.4, 0.5) is 0 Å². The van der Waals surface area contributed by atoms with E-state index in [4.69, 9.17) is 4.74 Å². The highest BCUT2D eigenvalue weighted by atomic mass is 16.5. The Balaban J connectivity index is 2.08. The monoisotopic (exact) mass is 228 g/mol. The summed E-state index contributed by atoms with van der Waals surface area (Å²) < 4.78 is 4.73. The zero-order valence-corrected chi connectivity index (χ0v) is 9.43. The molecule has 0 aliphatic carbocycles. The van der Waals surface area contributed by atoms with Gasteiger partial charge in [0, 0.05) is 23.5 Å². The number of nitrogens with one attached hydrogen (secondary N) is 1. The van der Waals surface area contributed by atoms with E-state index in [0.29, 0.717) is 6.42 Å². The summed E-state index contributed by atoms with van der Waals surface area (Å²) in [6.45, 7) is 0. The average molecular weight is 228 g/mol. The second-order valence-corrected chi connectivity index (χ2v) is 4.08. The van der Waals surface area contributed by atoms with E-state index in [9.17, 15) is 4.79 Å². The number of hydrogen-bond acceptors (Lipinski definition) is 3. The van der Waals surface area contributed by atoms with Crippen LogP contribution in [-0.2, 0) is 16.0 Å². The molecule has 0 saturated carbocycles. The lowest BCUT2D eigenvalue weighted by Crippen LogP contribution is -2.25. The lowest BCUT2D eigenvalue weighted by Gasteiger charge is -2.14. The molecule has 0 radical (unpaired) electrons. The van der Waals surface area contributed by atoms with E-state index in [1.165, 1.54) is 7.11 Å². The van der Waals surface area contributed by atoms with E-state index in [1.807, 2.05) is 18.2 Å². The maximum absolute atomic E-state index is 11.5. The Hall–Kier alpha value is -2.10. The standard InChI is InChI=1S/C13H12N2O2/c1-17-13(16)11-6-9-8-4-2-3-5-10(8)15-12(9)7-14-11/h2-5,7,11,15H,6H2,1H3/t11-/m0/s1. The first kappa shape index (κ1) is 10.1. The summed E-state index contributed by atoms with van der Waals surface area (Å²) in [6, 6.07) is 7.65. The fourth-order valence-corrected chi connectivity index (χ4v) is 2.24. The fraction of sp³-hybridized carbons (Fsp3) is 0.231. The summed E-state index contributed by atoms with van der Waals surface area (Å²) in [7, 11) is 1.39. The first-order valence-electron chi connectivity index (χ1n) is 5.50. The normalized spacial score (nSPS) is 18.1. The molecule has 1 N–H and O–H groups in total. The van der Waals surface area contributed by atoms with Crippen LogP contribution in [0.3, 0.4) is 0 Å². The number of fused-ring (bicyclic) bond motifs is 3. The van der Waals surface area contributed by atoms with Crippen molar-refractivity contribution in [2.45, 2.75) is 12.5 Å². The molecule has 0 saturated heterocycles. The Kier molecular flexibility index (Phi) is 2.21. The van der Waals surface area contributed by atoms with Gasteiger partial charge in [0.15, 0.2) is 6.04 Å². The molecular weight excluding hydrogens is 216 g/mol. The number of methoxy groups -OCH3 is 1. The molecule has 0 unspecified atom stereocenters. The molecule has 0 fully saturated rings. The number of hydrogen-bond donors (Lipinski definition) is 1. The smallest absolute Gasteiger partial charge is 0.330 e. The molecule has 3 rings (SSSR count). The van der Waals surface area contributed by atoms with Crippen molar-refractivity contribution in [1.29, 1.82) is 0 Å². The predicted octanol–water partition coefficient (Wildman–Crippen LogP) is 1.68. The molecular formula is C13H12N2O2. The van der Waals surface area contributed by atoms with E-state index in [1.54, 1.807) is 6.21 Å². The van der Waals surface area contributed by atoms with E-state index < -0.39 is 6.04 Å². The summed E-state index contributed by atoms with van der Waals surface area (Å²) in [5.74, 6) is -0.280. The maximum Gasteiger partial charge on any atom is 0.330 e. The van der Waals surface area contributed by atoms with Crippen LogP contribution in [0.25, 0.3) is 10.9 Å². The minimum atomic E-state index is -0.410. The van der Waals surface area contributed by atoms with Gasteiger partial charge in [-0.25, -0.2) is 4.79 Å². The molecule has 2 heterocycles. The predicted molar refractivity (Wildman–Crippen MR) is 65.4 cm³/mol. The van der Waals surface area contributed by atoms with Crippen LogP contribution in [-0.4, -0.2) is 30.3 Å². The highest BCUT2D eigenvalue weighted by Crippen LogP contribution is 2.26. The summed E-state index contributed by atoms with van der Waals surface area (Å²) >= 11 is 0. The number of H-pyrrole nitrogens is 1. The van der Waals surface area contributed by atoms with Gasteiger partial charge < -0.3 is 9.72 Å². The van der Waals surface area contributed by atoms with Crippen LogP contribution < -0.4 is 0 Å². The zero-order valence-electron chi connectivity index (χ0n) is 9.43. The first-order chi connectivity index (χ1) is 8.29. The number of carbonyl (C=O) groups is 1. The Labute approximate surface area is 98.3 Å². The van der Waals surface area contributed by atoms with E-state index in [-0.39, 0.29) is 5.97 Å². The second kappa shape index (κ2) is 3.73. The van der Waals surface area contributed by atoms with Crippen molar-refractivity contribution < 1.29 is 9.53 Å². The minimum absolute atomic E-state index is 0.280. The number of nitrogens with zero attached hydrogens (tertiary/aromatic N) is 1. The molecule has 1 aromatic heterocycles. The highest BCUT2D eigenvalue weighted by Gasteiger charge is 2.25. The number of carbonyl (C=O) groups excluding carboxylic acids is 1. The van der Waals surface area contributed by atoms with Gasteiger partial charge in [0.1, 0.15) is 0 Å². The Morgan fingerprint density at radius 1 is 1.47 bits per heavy atom. The molecule has 1 aliphatic heterocycles. The van der Waals surface area contributed by atoms with Crippen molar-refractivity contribution in [3.8, 4) is 0 Å². The van der Waals surface area contributed by atoms with Crippen molar-refractivity contribution in [3.05, 3.63) is 35.5 Å². The van der Waals surface area contributed by atoms with Crippen LogP contribution in [0, 0.1) is 0 Å². The third-order valence-electron chi connectivity index (χ3n) is 3.10. The Morgan fingerprint density at radius 2 is 2.29 bits per heavy atom. The van der Waals surface area contributed by atoms with E-state index in [2.05, 4.69) is 16.0 Å². The lowest BCUT2D eigenvalue weighted by molar-refractivity contribution is -0.142. The zero-order chi connectivity index (χ0) is 11.8. The summed E-state index contributed by atoms with van der Waals surface area (Å²) in [6.07, 6.45) is 2.32. The topological polar surface area (TPSA) is 54.5 Å². The Bertz CT molecular complexity index is 613.